The van der Waals surface area contributed by atoms with Gasteiger partial charge in [-0.25, -0.2) is 4.79 Å². The molecule has 0 radical (unpaired) electrons. The molecule has 22 heavy (non-hydrogen) atoms. The Hall–Kier alpha value is -2.55. The van der Waals surface area contributed by atoms with E-state index in [4.69, 9.17) is 9.47 Å². The number of hydrogen-bond donors (Lipinski definition) is 0. The first kappa shape index (κ1) is 15.8. The van der Waals surface area contributed by atoms with E-state index in [-0.39, 0.29) is 0 Å². The summed E-state index contributed by atoms with van der Waals surface area (Å²) in [5, 5.41) is 0. The lowest BCUT2D eigenvalue weighted by Crippen LogP contribution is -2.25. The smallest absolute Gasteiger partial charge is 0.428 e. The Labute approximate surface area is 131 Å². The van der Waals surface area contributed by atoms with Crippen molar-refractivity contribution in [3.63, 3.8) is 0 Å². The van der Waals surface area contributed by atoms with Crippen molar-refractivity contribution >= 4 is 18.3 Å². The molecule has 0 fully saturated rings. The normalized spacial score (nSPS) is 11.4. The van der Waals surface area contributed by atoms with Gasteiger partial charge in [0.05, 0.1) is 0 Å². The third-order valence-electron chi connectivity index (χ3n) is 2.72. The number of carbonyl (C=O) groups is 1. The van der Waals surface area contributed by atoms with Gasteiger partial charge in [-0.15, -0.1) is 0 Å². The van der Waals surface area contributed by atoms with Crippen molar-refractivity contribution in [2.24, 2.45) is 0 Å². The summed E-state index contributed by atoms with van der Waals surface area (Å²) in [6.45, 7) is 5.40. The Morgan fingerprint density at radius 2 is 1.55 bits per heavy atom. The molecular weight excluding hydrogens is 276 g/mol. The van der Waals surface area contributed by atoms with E-state index in [0.29, 0.717) is 5.75 Å². The van der Waals surface area contributed by atoms with Gasteiger partial charge in [0.1, 0.15) is 11.4 Å². The van der Waals surface area contributed by atoms with Crippen LogP contribution in [0.1, 0.15) is 31.9 Å². The molecule has 0 saturated heterocycles. The highest BCUT2D eigenvalue weighted by Gasteiger charge is 2.17. The zero-order valence-electron chi connectivity index (χ0n) is 13.1. The average Bonchev–Trinajstić information content (AvgIpc) is 2.44. The lowest BCUT2D eigenvalue weighted by molar-refractivity contribution is 0.0206. The number of ether oxygens (including phenoxy) is 2. The molecule has 3 heteroatoms. The van der Waals surface area contributed by atoms with Crippen molar-refractivity contribution in [3.05, 3.63) is 65.7 Å². The Morgan fingerprint density at radius 1 is 0.909 bits per heavy atom. The molecule has 3 nitrogen and oxygen atoms in total. The fourth-order valence-corrected chi connectivity index (χ4v) is 1.81. The van der Waals surface area contributed by atoms with Crippen molar-refractivity contribution in [2.75, 3.05) is 0 Å². The zero-order valence-corrected chi connectivity index (χ0v) is 13.1. The van der Waals surface area contributed by atoms with Crippen molar-refractivity contribution in [1.82, 2.24) is 0 Å². The summed E-state index contributed by atoms with van der Waals surface area (Å²) in [6.07, 6.45) is 3.28. The standard InChI is InChI=1S/C19H20O3/c1-19(2,3)22-18(20)21-17-11-7-10-16(14-17)13-12-15-8-5-4-6-9-15/h4-14H,1-3H3. The molecule has 0 atom stereocenters. The second-order valence-corrected chi connectivity index (χ2v) is 5.88. The van der Waals surface area contributed by atoms with Gasteiger partial charge in [0.2, 0.25) is 0 Å². The van der Waals surface area contributed by atoms with E-state index in [9.17, 15) is 4.79 Å². The number of carbonyl (C=O) groups excluding carboxylic acids is 1. The van der Waals surface area contributed by atoms with E-state index in [2.05, 4.69) is 0 Å². The van der Waals surface area contributed by atoms with Crippen molar-refractivity contribution in [2.45, 2.75) is 26.4 Å². The molecule has 114 valence electrons. The Kier molecular flexibility index (Phi) is 4.99. The minimum atomic E-state index is -0.698. The number of hydrogen-bond acceptors (Lipinski definition) is 3. The van der Waals surface area contributed by atoms with Crippen LogP contribution in [0.2, 0.25) is 0 Å². The van der Waals surface area contributed by atoms with Crippen LogP contribution in [0.4, 0.5) is 4.79 Å². The molecule has 0 aliphatic carbocycles. The highest BCUT2D eigenvalue weighted by atomic mass is 16.7. The Balaban J connectivity index is 2.04. The van der Waals surface area contributed by atoms with Gasteiger partial charge in [0, 0.05) is 0 Å². The highest BCUT2D eigenvalue weighted by molar-refractivity contribution is 5.71. The summed E-state index contributed by atoms with van der Waals surface area (Å²) in [5.74, 6) is 0.462. The largest absolute Gasteiger partial charge is 0.514 e. The van der Waals surface area contributed by atoms with Gasteiger partial charge in [-0.1, -0.05) is 54.6 Å². The maximum Gasteiger partial charge on any atom is 0.514 e. The van der Waals surface area contributed by atoms with Crippen LogP contribution in [0.5, 0.6) is 5.75 Å². The second-order valence-electron chi connectivity index (χ2n) is 5.88. The van der Waals surface area contributed by atoms with E-state index in [1.807, 2.05) is 54.6 Å². The molecule has 0 amide bonds. The highest BCUT2D eigenvalue weighted by Crippen LogP contribution is 2.18. The third-order valence-corrected chi connectivity index (χ3v) is 2.72. The lowest BCUT2D eigenvalue weighted by atomic mass is 10.1. The van der Waals surface area contributed by atoms with Crippen LogP contribution < -0.4 is 4.74 Å². The number of benzene rings is 2. The van der Waals surface area contributed by atoms with Crippen molar-refractivity contribution < 1.29 is 14.3 Å². The van der Waals surface area contributed by atoms with Crippen LogP contribution in [0.25, 0.3) is 12.2 Å². The summed E-state index contributed by atoms with van der Waals surface area (Å²) < 4.78 is 10.3. The lowest BCUT2D eigenvalue weighted by Gasteiger charge is -2.18. The van der Waals surface area contributed by atoms with Crippen LogP contribution in [0, 0.1) is 0 Å². The zero-order chi connectivity index (χ0) is 16.0. The molecule has 0 aliphatic rings. The summed E-state index contributed by atoms with van der Waals surface area (Å²) in [5.41, 5.74) is 1.49. The van der Waals surface area contributed by atoms with Crippen molar-refractivity contribution in [1.29, 1.82) is 0 Å². The SMILES string of the molecule is CC(C)(C)OC(=O)Oc1cccc(C=Cc2ccccc2)c1. The summed E-state index contributed by atoms with van der Waals surface area (Å²) in [4.78, 5) is 11.7. The predicted octanol–water partition coefficient (Wildman–Crippen LogP) is 5.17. The van der Waals surface area contributed by atoms with E-state index in [0.717, 1.165) is 11.1 Å². The van der Waals surface area contributed by atoms with Gasteiger partial charge >= 0.3 is 6.16 Å². The molecule has 0 N–H and O–H groups in total. The molecule has 2 aromatic rings. The van der Waals surface area contributed by atoms with Crippen molar-refractivity contribution in [3.8, 4) is 5.75 Å². The summed E-state index contributed by atoms with van der Waals surface area (Å²) >= 11 is 0. The topological polar surface area (TPSA) is 35.5 Å². The van der Waals surface area contributed by atoms with Gasteiger partial charge in [0.25, 0.3) is 0 Å². The third kappa shape index (κ3) is 5.44. The first-order valence-electron chi connectivity index (χ1n) is 7.16. The first-order valence-corrected chi connectivity index (χ1v) is 7.16. The van der Waals surface area contributed by atoms with Crippen LogP contribution in [0.3, 0.4) is 0 Å². The summed E-state index contributed by atoms with van der Waals surface area (Å²) in [7, 11) is 0. The molecule has 0 spiro atoms. The molecule has 0 aromatic heterocycles. The van der Waals surface area contributed by atoms with Crippen LogP contribution in [-0.4, -0.2) is 11.8 Å². The monoisotopic (exact) mass is 296 g/mol. The maximum absolute atomic E-state index is 11.7. The molecule has 2 rings (SSSR count). The summed E-state index contributed by atoms with van der Waals surface area (Å²) in [6, 6.07) is 17.3. The minimum Gasteiger partial charge on any atom is -0.428 e. The molecule has 0 aliphatic heterocycles. The van der Waals surface area contributed by atoms with Gasteiger partial charge in [-0.2, -0.15) is 0 Å². The quantitative estimate of drug-likeness (QED) is 0.445. The van der Waals surface area contributed by atoms with Gasteiger partial charge < -0.3 is 9.47 Å². The molecule has 0 saturated carbocycles. The Morgan fingerprint density at radius 3 is 2.23 bits per heavy atom. The van der Waals surface area contributed by atoms with Gasteiger partial charge in [-0.05, 0) is 44.0 Å². The van der Waals surface area contributed by atoms with Gasteiger partial charge in [0.15, 0.2) is 0 Å². The van der Waals surface area contributed by atoms with Crippen LogP contribution in [0.15, 0.2) is 54.6 Å². The van der Waals surface area contributed by atoms with Crippen LogP contribution in [-0.2, 0) is 4.74 Å². The molecule has 0 bridgehead atoms. The fraction of sp³-hybridized carbons (Fsp3) is 0.211. The number of rotatable bonds is 3. The van der Waals surface area contributed by atoms with E-state index in [1.54, 1.807) is 32.9 Å². The van der Waals surface area contributed by atoms with E-state index >= 15 is 0 Å². The fourth-order valence-electron chi connectivity index (χ4n) is 1.81. The predicted molar refractivity (Wildman–Crippen MR) is 88.7 cm³/mol. The maximum atomic E-state index is 11.7. The molecule has 2 aromatic carbocycles. The Bertz CT molecular complexity index is 652. The van der Waals surface area contributed by atoms with E-state index in [1.165, 1.54) is 0 Å². The average molecular weight is 296 g/mol. The van der Waals surface area contributed by atoms with Gasteiger partial charge in [-0.3, -0.25) is 0 Å². The molecular formula is C19H20O3. The molecule has 0 unspecified atom stereocenters. The second kappa shape index (κ2) is 6.94. The van der Waals surface area contributed by atoms with Crippen LogP contribution >= 0.6 is 0 Å². The first-order chi connectivity index (χ1) is 10.4. The van der Waals surface area contributed by atoms with E-state index < -0.39 is 11.8 Å². The minimum absolute atomic E-state index is 0.462. The molecule has 0 heterocycles.